The highest BCUT2D eigenvalue weighted by atomic mass is 16.5. The van der Waals surface area contributed by atoms with Crippen LogP contribution in [-0.2, 0) is 20.0 Å². The zero-order valence-corrected chi connectivity index (χ0v) is 11.5. The van der Waals surface area contributed by atoms with Crippen LogP contribution in [-0.4, -0.2) is 22.1 Å². The van der Waals surface area contributed by atoms with Crippen molar-refractivity contribution in [2.45, 2.75) is 19.9 Å². The topological polar surface area (TPSA) is 55.5 Å². The molecule has 1 amide bonds. The maximum absolute atomic E-state index is 12.5. The first-order valence-corrected chi connectivity index (χ1v) is 6.61. The van der Waals surface area contributed by atoms with E-state index < -0.39 is 5.63 Å². The van der Waals surface area contributed by atoms with Gasteiger partial charge in [0.2, 0.25) is 0 Å². The van der Waals surface area contributed by atoms with Crippen molar-refractivity contribution in [3.8, 4) is 0 Å². The number of nitrogens with zero attached hydrogens (tertiary/aromatic N) is 2. The predicted octanol–water partition coefficient (Wildman–Crippen LogP) is 1.49. The van der Waals surface area contributed by atoms with Gasteiger partial charge in [-0.1, -0.05) is 24.3 Å². The van der Waals surface area contributed by atoms with E-state index in [0.29, 0.717) is 18.8 Å². The Morgan fingerprint density at radius 3 is 2.60 bits per heavy atom. The number of carbonyl (C=O) groups excluding carboxylic acids is 1. The SMILES string of the molecule is Cc1c(C(=O)N2CCc3ccccc3C2)c(=O)on1C. The molecule has 0 bridgehead atoms. The number of carbonyl (C=O) groups is 1. The second-order valence-electron chi connectivity index (χ2n) is 5.08. The van der Waals surface area contributed by atoms with Gasteiger partial charge in [-0.2, -0.15) is 0 Å². The minimum Gasteiger partial charge on any atom is -0.336 e. The highest BCUT2D eigenvalue weighted by Gasteiger charge is 2.27. The van der Waals surface area contributed by atoms with Crippen LogP contribution >= 0.6 is 0 Å². The quantitative estimate of drug-likeness (QED) is 0.790. The zero-order valence-electron chi connectivity index (χ0n) is 11.5. The van der Waals surface area contributed by atoms with Gasteiger partial charge in [0, 0.05) is 20.1 Å². The number of aryl methyl sites for hydroxylation is 1. The summed E-state index contributed by atoms with van der Waals surface area (Å²) in [4.78, 5) is 26.0. The summed E-state index contributed by atoms with van der Waals surface area (Å²) >= 11 is 0. The molecule has 1 aromatic carbocycles. The second-order valence-corrected chi connectivity index (χ2v) is 5.08. The number of aromatic nitrogens is 1. The van der Waals surface area contributed by atoms with Gasteiger partial charge in [0.05, 0.1) is 5.69 Å². The summed E-state index contributed by atoms with van der Waals surface area (Å²) in [5, 5.41) is 0. The number of fused-ring (bicyclic) bond motifs is 1. The van der Waals surface area contributed by atoms with E-state index in [-0.39, 0.29) is 11.5 Å². The minimum absolute atomic E-state index is 0.145. The minimum atomic E-state index is -0.561. The fraction of sp³-hybridized carbons (Fsp3) is 0.333. The summed E-state index contributed by atoms with van der Waals surface area (Å²) in [6, 6.07) is 8.08. The molecule has 2 heterocycles. The fourth-order valence-corrected chi connectivity index (χ4v) is 2.61. The molecule has 0 saturated heterocycles. The third-order valence-electron chi connectivity index (χ3n) is 3.89. The van der Waals surface area contributed by atoms with Crippen molar-refractivity contribution in [2.24, 2.45) is 7.05 Å². The van der Waals surface area contributed by atoms with Crippen LogP contribution in [0.1, 0.15) is 27.2 Å². The number of amides is 1. The largest absolute Gasteiger partial charge is 0.370 e. The van der Waals surface area contributed by atoms with Crippen LogP contribution in [0.25, 0.3) is 0 Å². The van der Waals surface area contributed by atoms with Gasteiger partial charge in [-0.3, -0.25) is 4.79 Å². The Bertz CT molecular complexity index is 727. The van der Waals surface area contributed by atoms with Crippen molar-refractivity contribution >= 4 is 5.91 Å². The lowest BCUT2D eigenvalue weighted by Crippen LogP contribution is -2.37. The molecule has 104 valence electrons. The van der Waals surface area contributed by atoms with Crippen LogP contribution in [0, 0.1) is 6.92 Å². The van der Waals surface area contributed by atoms with E-state index >= 15 is 0 Å². The van der Waals surface area contributed by atoms with E-state index in [4.69, 9.17) is 4.52 Å². The molecule has 0 unspecified atom stereocenters. The van der Waals surface area contributed by atoms with Crippen molar-refractivity contribution in [1.29, 1.82) is 0 Å². The van der Waals surface area contributed by atoms with E-state index in [2.05, 4.69) is 6.07 Å². The van der Waals surface area contributed by atoms with Crippen molar-refractivity contribution in [1.82, 2.24) is 9.64 Å². The van der Waals surface area contributed by atoms with Gasteiger partial charge >= 0.3 is 5.63 Å². The molecule has 1 aliphatic rings. The molecule has 0 aliphatic carbocycles. The van der Waals surface area contributed by atoms with Crippen LogP contribution < -0.4 is 5.63 Å². The normalized spacial score (nSPS) is 14.2. The van der Waals surface area contributed by atoms with Gasteiger partial charge in [0.25, 0.3) is 5.91 Å². The number of hydrogen-bond donors (Lipinski definition) is 0. The Labute approximate surface area is 116 Å². The predicted molar refractivity (Wildman–Crippen MR) is 73.6 cm³/mol. The van der Waals surface area contributed by atoms with E-state index in [1.807, 2.05) is 18.2 Å². The number of hydrogen-bond acceptors (Lipinski definition) is 3. The summed E-state index contributed by atoms with van der Waals surface area (Å²) in [6.07, 6.45) is 0.819. The highest BCUT2D eigenvalue weighted by molar-refractivity contribution is 5.94. The standard InChI is InChI=1S/C15H16N2O3/c1-10-13(15(19)20-16(10)2)14(18)17-8-7-11-5-3-4-6-12(11)9-17/h3-6H,7-9H2,1-2H3. The second kappa shape index (κ2) is 4.67. The molecule has 0 radical (unpaired) electrons. The molecule has 1 aliphatic heterocycles. The maximum Gasteiger partial charge on any atom is 0.370 e. The van der Waals surface area contributed by atoms with E-state index in [1.165, 1.54) is 10.3 Å². The molecule has 0 fully saturated rings. The van der Waals surface area contributed by atoms with Gasteiger partial charge < -0.3 is 9.42 Å². The summed E-state index contributed by atoms with van der Waals surface area (Å²) in [5.41, 5.74) is 2.57. The third-order valence-corrected chi connectivity index (χ3v) is 3.89. The molecule has 2 aromatic rings. The summed E-state index contributed by atoms with van der Waals surface area (Å²) < 4.78 is 6.28. The van der Waals surface area contributed by atoms with Crippen LogP contribution in [0.15, 0.2) is 33.6 Å². The molecule has 1 aromatic heterocycles. The van der Waals surface area contributed by atoms with Crippen LogP contribution in [0.3, 0.4) is 0 Å². The smallest absolute Gasteiger partial charge is 0.336 e. The van der Waals surface area contributed by atoms with Gasteiger partial charge in [0.1, 0.15) is 5.56 Å². The molecule has 0 atom stereocenters. The van der Waals surface area contributed by atoms with Gasteiger partial charge in [-0.25, -0.2) is 9.53 Å². The van der Waals surface area contributed by atoms with Crippen LogP contribution in [0.2, 0.25) is 0 Å². The summed E-state index contributed by atoms with van der Waals surface area (Å²) in [7, 11) is 1.62. The van der Waals surface area contributed by atoms with Gasteiger partial charge in [-0.05, 0) is 24.5 Å². The van der Waals surface area contributed by atoms with Crippen molar-refractivity contribution < 1.29 is 9.32 Å². The van der Waals surface area contributed by atoms with E-state index in [0.717, 1.165) is 12.0 Å². The summed E-state index contributed by atoms with van der Waals surface area (Å²) in [5.74, 6) is -0.244. The maximum atomic E-state index is 12.5. The molecule has 0 saturated carbocycles. The first kappa shape index (κ1) is 12.7. The lowest BCUT2D eigenvalue weighted by molar-refractivity contribution is 0.0731. The number of benzene rings is 1. The van der Waals surface area contributed by atoms with Crippen LogP contribution in [0.5, 0.6) is 0 Å². The number of rotatable bonds is 1. The summed E-state index contributed by atoms with van der Waals surface area (Å²) in [6.45, 7) is 2.89. The fourth-order valence-electron chi connectivity index (χ4n) is 2.61. The average molecular weight is 272 g/mol. The van der Waals surface area contributed by atoms with Crippen molar-refractivity contribution in [2.75, 3.05) is 6.54 Å². The molecular weight excluding hydrogens is 256 g/mol. The van der Waals surface area contributed by atoms with E-state index in [9.17, 15) is 9.59 Å². The Hall–Kier alpha value is -2.30. The Kier molecular flexibility index (Phi) is 2.97. The highest BCUT2D eigenvalue weighted by Crippen LogP contribution is 2.20. The lowest BCUT2D eigenvalue weighted by Gasteiger charge is -2.28. The molecule has 5 nitrogen and oxygen atoms in total. The lowest BCUT2D eigenvalue weighted by atomic mass is 9.99. The first-order chi connectivity index (χ1) is 9.58. The zero-order chi connectivity index (χ0) is 14.3. The van der Waals surface area contributed by atoms with Crippen LogP contribution in [0.4, 0.5) is 0 Å². The molecule has 3 rings (SSSR count). The van der Waals surface area contributed by atoms with E-state index in [1.54, 1.807) is 18.9 Å². The average Bonchev–Trinajstić information content (AvgIpc) is 2.71. The third kappa shape index (κ3) is 1.95. The molecule has 20 heavy (non-hydrogen) atoms. The van der Waals surface area contributed by atoms with Crippen molar-refractivity contribution in [3.05, 3.63) is 57.1 Å². The molecule has 0 spiro atoms. The Morgan fingerprint density at radius 1 is 1.25 bits per heavy atom. The first-order valence-electron chi connectivity index (χ1n) is 6.61. The van der Waals surface area contributed by atoms with Gasteiger partial charge in [-0.15, -0.1) is 0 Å². The monoisotopic (exact) mass is 272 g/mol. The Morgan fingerprint density at radius 2 is 1.95 bits per heavy atom. The Balaban J connectivity index is 1.92. The van der Waals surface area contributed by atoms with Gasteiger partial charge in [0.15, 0.2) is 0 Å². The molecular formula is C15H16N2O3. The van der Waals surface area contributed by atoms with Crippen molar-refractivity contribution in [3.63, 3.8) is 0 Å². The molecule has 5 heteroatoms. The molecule has 0 N–H and O–H groups in total.